The van der Waals surface area contributed by atoms with Gasteiger partial charge in [0.25, 0.3) is 10.0 Å². The lowest BCUT2D eigenvalue weighted by Gasteiger charge is -2.08. The van der Waals surface area contributed by atoms with Gasteiger partial charge in [-0.3, -0.25) is 0 Å². The van der Waals surface area contributed by atoms with Crippen LogP contribution in [0.25, 0.3) is 6.08 Å². The number of carbonyl (C=O) groups excluding carboxylic acids is 1. The zero-order chi connectivity index (χ0) is 20.1. The van der Waals surface area contributed by atoms with Crippen LogP contribution in [0.4, 0.5) is 13.2 Å². The Morgan fingerprint density at radius 2 is 1.78 bits per heavy atom. The van der Waals surface area contributed by atoms with E-state index in [9.17, 15) is 26.4 Å². The largest absolute Gasteiger partial charge is 0.573 e. The first-order valence-electron chi connectivity index (χ1n) is 7.38. The monoisotopic (exact) mass is 401 g/mol. The number of hydrogen-bond acceptors (Lipinski definition) is 5. The number of carbonyl (C=O) groups is 1. The maximum atomic E-state index is 12.2. The van der Waals surface area contributed by atoms with Crippen molar-refractivity contribution in [1.82, 2.24) is 4.89 Å². The van der Waals surface area contributed by atoms with Gasteiger partial charge in [0, 0.05) is 6.08 Å². The van der Waals surface area contributed by atoms with Crippen LogP contribution in [-0.4, -0.2) is 20.7 Å². The van der Waals surface area contributed by atoms with E-state index in [-0.39, 0.29) is 10.5 Å². The van der Waals surface area contributed by atoms with Crippen LogP contribution in [0.5, 0.6) is 5.75 Å². The molecule has 10 heteroatoms. The molecule has 0 spiro atoms. The highest BCUT2D eigenvalue weighted by Gasteiger charge is 2.31. The fourth-order valence-corrected chi connectivity index (χ4v) is 2.66. The molecule has 0 aliphatic heterocycles. The average molecular weight is 401 g/mol. The van der Waals surface area contributed by atoms with Crippen LogP contribution in [0.15, 0.2) is 59.5 Å². The lowest BCUT2D eigenvalue weighted by molar-refractivity contribution is -0.274. The van der Waals surface area contributed by atoms with Crippen molar-refractivity contribution < 1.29 is 36.0 Å². The van der Waals surface area contributed by atoms with Gasteiger partial charge in [0.1, 0.15) is 5.75 Å². The van der Waals surface area contributed by atoms with Gasteiger partial charge in [-0.05, 0) is 47.7 Å². The van der Waals surface area contributed by atoms with Gasteiger partial charge in [-0.2, -0.15) is 0 Å². The van der Waals surface area contributed by atoms with E-state index in [1.807, 2.05) is 0 Å². The summed E-state index contributed by atoms with van der Waals surface area (Å²) in [4.78, 5) is 17.6. The number of alkyl halides is 3. The van der Waals surface area contributed by atoms with Crippen LogP contribution in [0, 0.1) is 6.92 Å². The van der Waals surface area contributed by atoms with Gasteiger partial charge in [0.2, 0.25) is 0 Å². The molecule has 0 fully saturated rings. The van der Waals surface area contributed by atoms with Crippen molar-refractivity contribution in [2.24, 2.45) is 0 Å². The summed E-state index contributed by atoms with van der Waals surface area (Å²) >= 11 is 0. The summed E-state index contributed by atoms with van der Waals surface area (Å²) < 4.78 is 64.2. The number of benzene rings is 2. The maximum Gasteiger partial charge on any atom is 0.573 e. The van der Waals surface area contributed by atoms with Gasteiger partial charge in [-0.1, -0.05) is 29.8 Å². The number of aryl methyl sites for hydroxylation is 1. The van der Waals surface area contributed by atoms with Crippen LogP contribution >= 0.6 is 0 Å². The smallest absolute Gasteiger partial charge is 0.406 e. The molecule has 0 amide bonds. The van der Waals surface area contributed by atoms with Crippen molar-refractivity contribution in [3.05, 3.63) is 65.7 Å². The summed E-state index contributed by atoms with van der Waals surface area (Å²) in [6, 6.07) is 10.7. The lowest BCUT2D eigenvalue weighted by atomic mass is 10.2. The Morgan fingerprint density at radius 3 is 2.41 bits per heavy atom. The third kappa shape index (κ3) is 6.76. The molecule has 0 saturated carbocycles. The number of ether oxygens (including phenoxy) is 1. The molecule has 1 N–H and O–H groups in total. The number of halogens is 3. The molecule has 0 heterocycles. The van der Waals surface area contributed by atoms with Crippen molar-refractivity contribution in [3.63, 3.8) is 0 Å². The molecule has 0 atom stereocenters. The Kier molecular flexibility index (Phi) is 6.24. The summed E-state index contributed by atoms with van der Waals surface area (Å²) in [7, 11) is -4.05. The second kappa shape index (κ2) is 8.23. The Bertz CT molecular complexity index is 938. The summed E-state index contributed by atoms with van der Waals surface area (Å²) in [5.74, 6) is -1.52. The minimum absolute atomic E-state index is 0.0955. The number of nitrogens with one attached hydrogen (secondary N) is 1. The predicted octanol–water partition coefficient (Wildman–Crippen LogP) is 3.34. The molecule has 0 aromatic heterocycles. The SMILES string of the molecule is Cc1ccc(S(=O)(=O)NOC(=O)C=Cc2cccc(OC(F)(F)F)c2)cc1. The van der Waals surface area contributed by atoms with Crippen LogP contribution in [0.1, 0.15) is 11.1 Å². The van der Waals surface area contributed by atoms with Crippen molar-refractivity contribution >= 4 is 22.1 Å². The van der Waals surface area contributed by atoms with Crippen molar-refractivity contribution in [3.8, 4) is 5.75 Å². The van der Waals surface area contributed by atoms with Gasteiger partial charge < -0.3 is 9.57 Å². The second-order valence-electron chi connectivity index (χ2n) is 5.27. The van der Waals surface area contributed by atoms with Gasteiger partial charge in [0.15, 0.2) is 0 Å². The minimum Gasteiger partial charge on any atom is -0.406 e. The molecule has 0 radical (unpaired) electrons. The Balaban J connectivity index is 1.97. The van der Waals surface area contributed by atoms with Gasteiger partial charge in [0.05, 0.1) is 4.90 Å². The predicted molar refractivity (Wildman–Crippen MR) is 89.8 cm³/mol. The second-order valence-corrected chi connectivity index (χ2v) is 6.92. The van der Waals surface area contributed by atoms with Crippen LogP contribution < -0.4 is 9.62 Å². The van der Waals surface area contributed by atoms with Crippen molar-refractivity contribution in [1.29, 1.82) is 0 Å². The molecule has 2 rings (SSSR count). The van der Waals surface area contributed by atoms with E-state index in [0.29, 0.717) is 0 Å². The fraction of sp³-hybridized carbons (Fsp3) is 0.118. The van der Waals surface area contributed by atoms with E-state index in [1.54, 1.807) is 23.9 Å². The number of hydrogen-bond donors (Lipinski definition) is 1. The Hall–Kier alpha value is -2.85. The van der Waals surface area contributed by atoms with Gasteiger partial charge in [-0.25, -0.2) is 13.2 Å². The summed E-state index contributed by atoms with van der Waals surface area (Å²) in [6.07, 6.45) is -2.84. The normalized spacial score (nSPS) is 12.1. The molecular formula is C17H14F3NO5S. The zero-order valence-electron chi connectivity index (χ0n) is 13.9. The quantitative estimate of drug-likeness (QED) is 0.593. The molecule has 6 nitrogen and oxygen atoms in total. The molecule has 0 aliphatic carbocycles. The molecule has 0 bridgehead atoms. The van der Waals surface area contributed by atoms with Crippen LogP contribution in [0.3, 0.4) is 0 Å². The van der Waals surface area contributed by atoms with Crippen LogP contribution in [0.2, 0.25) is 0 Å². The van der Waals surface area contributed by atoms with E-state index < -0.39 is 28.1 Å². The summed E-state index contributed by atoms with van der Waals surface area (Å²) in [6.45, 7) is 1.78. The number of rotatable bonds is 6. The molecule has 0 unspecified atom stereocenters. The lowest BCUT2D eigenvalue weighted by Crippen LogP contribution is -2.26. The molecule has 2 aromatic rings. The zero-order valence-corrected chi connectivity index (χ0v) is 14.7. The standard InChI is InChI=1S/C17H14F3NO5S/c1-12-5-8-15(9-6-12)27(23,24)21-26-16(22)10-7-13-3-2-4-14(11-13)25-17(18,19)20/h2-11,21H,1H3. The molecule has 2 aromatic carbocycles. The average Bonchev–Trinajstić information content (AvgIpc) is 2.57. The summed E-state index contributed by atoms with van der Waals surface area (Å²) in [5, 5.41) is 0. The molecule has 0 aliphatic rings. The highest BCUT2D eigenvalue weighted by Crippen LogP contribution is 2.23. The third-order valence-electron chi connectivity index (χ3n) is 3.09. The Labute approximate surface area is 153 Å². The first kappa shape index (κ1) is 20.5. The van der Waals surface area contributed by atoms with Crippen molar-refractivity contribution in [2.75, 3.05) is 0 Å². The minimum atomic E-state index is -4.84. The highest BCUT2D eigenvalue weighted by molar-refractivity contribution is 7.89. The Morgan fingerprint density at radius 1 is 1.11 bits per heavy atom. The van der Waals surface area contributed by atoms with E-state index in [2.05, 4.69) is 9.57 Å². The first-order valence-corrected chi connectivity index (χ1v) is 8.87. The molecule has 27 heavy (non-hydrogen) atoms. The topological polar surface area (TPSA) is 81.7 Å². The molecule has 144 valence electrons. The van der Waals surface area contributed by atoms with Gasteiger partial charge >= 0.3 is 12.3 Å². The summed E-state index contributed by atoms with van der Waals surface area (Å²) in [5.41, 5.74) is 1.07. The van der Waals surface area contributed by atoms with E-state index in [1.165, 1.54) is 24.3 Å². The first-order chi connectivity index (χ1) is 12.5. The van der Waals surface area contributed by atoms with Crippen LogP contribution in [-0.2, 0) is 19.7 Å². The highest BCUT2D eigenvalue weighted by atomic mass is 32.2. The third-order valence-corrected chi connectivity index (χ3v) is 4.28. The maximum absolute atomic E-state index is 12.2. The van der Waals surface area contributed by atoms with E-state index in [0.717, 1.165) is 29.8 Å². The fourth-order valence-electron chi connectivity index (χ4n) is 1.88. The van der Waals surface area contributed by atoms with E-state index >= 15 is 0 Å². The van der Waals surface area contributed by atoms with E-state index in [4.69, 9.17) is 0 Å². The van der Waals surface area contributed by atoms with Crippen molar-refractivity contribution in [2.45, 2.75) is 18.2 Å². The molecule has 0 saturated heterocycles. The van der Waals surface area contributed by atoms with Gasteiger partial charge in [-0.15, -0.1) is 13.2 Å². The number of sulfonamides is 1. The molecular weight excluding hydrogens is 387 g/mol.